The minimum atomic E-state index is -0.0280. The van der Waals surface area contributed by atoms with E-state index in [1.54, 1.807) is 0 Å². The highest BCUT2D eigenvalue weighted by atomic mass is 14.8. The highest BCUT2D eigenvalue weighted by Crippen LogP contribution is 2.49. The molecule has 8 aromatic rings. The Balaban J connectivity index is 1.17. The molecule has 0 heterocycles. The van der Waals surface area contributed by atoms with Gasteiger partial charge in [0.2, 0.25) is 0 Å². The number of allylic oxidation sites excluding steroid dienone is 1. The molecule has 0 fully saturated rings. The Hall–Kier alpha value is -6.90. The van der Waals surface area contributed by atoms with E-state index in [0.29, 0.717) is 0 Å². The van der Waals surface area contributed by atoms with Gasteiger partial charge in [0.05, 0.1) is 5.71 Å². The van der Waals surface area contributed by atoms with E-state index in [-0.39, 0.29) is 11.3 Å². The van der Waals surface area contributed by atoms with Crippen LogP contribution < -0.4 is 0 Å². The molecular formula is C53H40N2. The fourth-order valence-electron chi connectivity index (χ4n) is 8.12. The van der Waals surface area contributed by atoms with Crippen LogP contribution in [0.15, 0.2) is 199 Å². The highest BCUT2D eigenvalue weighted by molar-refractivity contribution is 6.19. The second-order valence-corrected chi connectivity index (χ2v) is 14.8. The zero-order chi connectivity index (χ0) is 37.4. The molecule has 1 aliphatic rings. The van der Waals surface area contributed by atoms with Gasteiger partial charge in [-0.3, -0.25) is 5.41 Å². The van der Waals surface area contributed by atoms with Crippen LogP contribution in [0.5, 0.6) is 0 Å². The lowest BCUT2D eigenvalue weighted by Crippen LogP contribution is -2.14. The number of benzene rings is 8. The second kappa shape index (κ2) is 14.2. The van der Waals surface area contributed by atoms with Crippen LogP contribution in [-0.4, -0.2) is 11.5 Å². The maximum Gasteiger partial charge on any atom is 0.152 e. The Morgan fingerprint density at radius 3 is 1.73 bits per heavy atom. The molecule has 55 heavy (non-hydrogen) atoms. The van der Waals surface area contributed by atoms with Gasteiger partial charge in [0, 0.05) is 16.5 Å². The third-order valence-electron chi connectivity index (χ3n) is 11.0. The predicted molar refractivity (Wildman–Crippen MR) is 233 cm³/mol. The van der Waals surface area contributed by atoms with Crippen molar-refractivity contribution in [3.8, 4) is 44.5 Å². The van der Waals surface area contributed by atoms with E-state index in [9.17, 15) is 0 Å². The number of aliphatic imine (C=N–C) groups is 1. The first-order chi connectivity index (χ1) is 26.9. The molecule has 2 heteroatoms. The molecule has 0 aromatic heterocycles. The molecule has 0 radical (unpaired) electrons. The van der Waals surface area contributed by atoms with Crippen molar-refractivity contribution in [1.29, 1.82) is 5.41 Å². The summed E-state index contributed by atoms with van der Waals surface area (Å²) < 4.78 is 0. The lowest BCUT2D eigenvalue weighted by atomic mass is 9.82. The van der Waals surface area contributed by atoms with E-state index in [2.05, 4.69) is 172 Å². The number of amidine groups is 1. The normalized spacial score (nSPS) is 13.2. The smallest absolute Gasteiger partial charge is 0.152 e. The monoisotopic (exact) mass is 704 g/mol. The maximum absolute atomic E-state index is 9.08. The van der Waals surface area contributed by atoms with Gasteiger partial charge in [-0.2, -0.15) is 0 Å². The number of fused-ring (bicyclic) bond motifs is 4. The van der Waals surface area contributed by atoms with Crippen LogP contribution in [0.2, 0.25) is 0 Å². The molecule has 0 amide bonds. The summed E-state index contributed by atoms with van der Waals surface area (Å²) in [5.74, 6) is 0.216. The highest BCUT2D eigenvalue weighted by Gasteiger charge is 2.35. The molecule has 8 aromatic carbocycles. The van der Waals surface area contributed by atoms with Crippen molar-refractivity contribution in [2.24, 2.45) is 4.99 Å². The van der Waals surface area contributed by atoms with Gasteiger partial charge in [-0.05, 0) is 102 Å². The third kappa shape index (κ3) is 6.43. The summed E-state index contributed by atoms with van der Waals surface area (Å²) in [6, 6.07) is 66.2. The van der Waals surface area contributed by atoms with Gasteiger partial charge in [-0.25, -0.2) is 4.99 Å². The van der Waals surface area contributed by atoms with E-state index >= 15 is 0 Å². The maximum atomic E-state index is 9.08. The van der Waals surface area contributed by atoms with E-state index < -0.39 is 0 Å². The van der Waals surface area contributed by atoms with E-state index in [0.717, 1.165) is 50.0 Å². The summed E-state index contributed by atoms with van der Waals surface area (Å²) in [6.07, 6.45) is 4.23. The molecule has 1 N–H and O–H groups in total. The summed E-state index contributed by atoms with van der Waals surface area (Å²) in [5.41, 5.74) is 15.8. The Kier molecular flexibility index (Phi) is 8.72. The fraction of sp³-hybridized carbons (Fsp3) is 0.0566. The van der Waals surface area contributed by atoms with Crippen LogP contribution in [0.4, 0.5) is 0 Å². The van der Waals surface area contributed by atoms with Crippen LogP contribution in [0.25, 0.3) is 61.4 Å². The largest absolute Gasteiger partial charge is 0.282 e. The third-order valence-corrected chi connectivity index (χ3v) is 11.0. The molecule has 0 atom stereocenters. The first-order valence-corrected chi connectivity index (χ1v) is 18.9. The van der Waals surface area contributed by atoms with Crippen molar-refractivity contribution >= 4 is 28.4 Å². The van der Waals surface area contributed by atoms with E-state index in [4.69, 9.17) is 10.4 Å². The number of hydrogen-bond donors (Lipinski definition) is 1. The topological polar surface area (TPSA) is 36.2 Å². The predicted octanol–water partition coefficient (Wildman–Crippen LogP) is 13.7. The quantitative estimate of drug-likeness (QED) is 0.127. The van der Waals surface area contributed by atoms with Gasteiger partial charge in [-0.15, -0.1) is 0 Å². The van der Waals surface area contributed by atoms with Crippen molar-refractivity contribution in [2.45, 2.75) is 19.3 Å². The van der Waals surface area contributed by atoms with Crippen molar-refractivity contribution in [1.82, 2.24) is 0 Å². The van der Waals surface area contributed by atoms with Gasteiger partial charge >= 0.3 is 0 Å². The fourth-order valence-corrected chi connectivity index (χ4v) is 8.12. The van der Waals surface area contributed by atoms with Crippen molar-refractivity contribution in [2.75, 3.05) is 0 Å². The molecule has 2 nitrogen and oxygen atoms in total. The molecule has 0 bridgehead atoms. The van der Waals surface area contributed by atoms with Gasteiger partial charge < -0.3 is 0 Å². The number of nitrogens with one attached hydrogen (secondary N) is 1. The Morgan fingerprint density at radius 2 is 1.04 bits per heavy atom. The molecule has 0 unspecified atom stereocenters. The van der Waals surface area contributed by atoms with Gasteiger partial charge in [-0.1, -0.05) is 184 Å². The average Bonchev–Trinajstić information content (AvgIpc) is 3.48. The molecule has 0 aliphatic heterocycles. The zero-order valence-corrected chi connectivity index (χ0v) is 31.0. The number of rotatable bonds is 7. The van der Waals surface area contributed by atoms with Crippen LogP contribution in [0.3, 0.4) is 0 Å². The van der Waals surface area contributed by atoms with Crippen LogP contribution >= 0.6 is 0 Å². The summed E-state index contributed by atoms with van der Waals surface area (Å²) in [6.45, 7) is 4.65. The molecule has 0 saturated carbocycles. The Bertz CT molecular complexity index is 2720. The summed E-state index contributed by atoms with van der Waals surface area (Å²) in [4.78, 5) is 5.02. The van der Waals surface area contributed by atoms with Crippen LogP contribution in [0, 0.1) is 5.41 Å². The summed E-state index contributed by atoms with van der Waals surface area (Å²) in [7, 11) is 0. The molecule has 0 spiro atoms. The summed E-state index contributed by atoms with van der Waals surface area (Å²) >= 11 is 0. The molecule has 1 aliphatic carbocycles. The molecular weight excluding hydrogens is 665 g/mol. The van der Waals surface area contributed by atoms with E-state index in [1.165, 1.54) is 38.8 Å². The van der Waals surface area contributed by atoms with Crippen molar-refractivity contribution in [3.63, 3.8) is 0 Å². The lowest BCUT2D eigenvalue weighted by molar-refractivity contribution is 0.660. The lowest BCUT2D eigenvalue weighted by Gasteiger charge is -2.21. The number of hydrogen-bond acceptors (Lipinski definition) is 1. The van der Waals surface area contributed by atoms with Gasteiger partial charge in [0.15, 0.2) is 5.84 Å². The zero-order valence-electron chi connectivity index (χ0n) is 31.0. The Morgan fingerprint density at radius 1 is 0.455 bits per heavy atom. The minimum Gasteiger partial charge on any atom is -0.282 e. The van der Waals surface area contributed by atoms with Crippen LogP contribution in [0.1, 0.15) is 41.7 Å². The molecule has 262 valence electrons. The second-order valence-electron chi connectivity index (χ2n) is 14.8. The standard InChI is InChI=1S/C53H40N2/c1-53(2)49-25-15-14-24-47(49)48-35-40(27-30-50(48)53)45-29-26-38(44-22-12-13-23-46(44)45)28-31-51(55-52(54)39-20-10-5-11-21-39)43-33-41(36-16-6-3-7-17-36)32-42(34-43)37-18-8-4-9-19-37/h3-35,54H,1-2H3/b31-28+,54-52?,55-51?. The molecule has 9 rings (SSSR count). The molecule has 0 saturated heterocycles. The minimum absolute atomic E-state index is 0.0280. The SMILES string of the molecule is CC1(C)c2ccccc2-c2cc(-c3ccc(/C=C/C(=NC(=N)c4ccccc4)c4cc(-c5ccccc5)cc(-c5ccccc5)c4)c4ccccc34)ccc21. The van der Waals surface area contributed by atoms with Crippen molar-refractivity contribution < 1.29 is 0 Å². The van der Waals surface area contributed by atoms with Crippen LogP contribution in [-0.2, 0) is 5.41 Å². The van der Waals surface area contributed by atoms with Gasteiger partial charge in [0.1, 0.15) is 0 Å². The van der Waals surface area contributed by atoms with E-state index in [1.807, 2.05) is 42.5 Å². The van der Waals surface area contributed by atoms with Crippen molar-refractivity contribution in [3.05, 3.63) is 222 Å². The van der Waals surface area contributed by atoms with Gasteiger partial charge in [0.25, 0.3) is 0 Å². The summed E-state index contributed by atoms with van der Waals surface area (Å²) in [5, 5.41) is 11.4. The number of nitrogens with zero attached hydrogens (tertiary/aromatic N) is 1. The first kappa shape index (κ1) is 33.9. The Labute approximate surface area is 323 Å². The average molecular weight is 705 g/mol. The first-order valence-electron chi connectivity index (χ1n) is 18.9.